The summed E-state index contributed by atoms with van der Waals surface area (Å²) < 4.78 is 27.9. The fourth-order valence-electron chi connectivity index (χ4n) is 4.93. The van der Waals surface area contributed by atoms with E-state index in [1.54, 1.807) is 24.3 Å². The number of carbonyl (C=O) groups is 1. The van der Waals surface area contributed by atoms with Gasteiger partial charge in [-0.25, -0.2) is 13.1 Å². The smallest absolute Gasteiger partial charge is 0.240 e. The van der Waals surface area contributed by atoms with Gasteiger partial charge in [0.05, 0.1) is 10.8 Å². The molecule has 0 saturated carbocycles. The minimum absolute atomic E-state index is 0.0761. The van der Waals surface area contributed by atoms with Gasteiger partial charge in [-0.3, -0.25) is 4.79 Å². The molecule has 3 heterocycles. The molecule has 3 aliphatic heterocycles. The molecular weight excluding hydrogens is 446 g/mol. The Hall–Kier alpha value is -3.00. The van der Waals surface area contributed by atoms with Crippen molar-refractivity contribution in [2.24, 2.45) is 11.8 Å². The van der Waals surface area contributed by atoms with Crippen LogP contribution < -0.4 is 10.0 Å². The van der Waals surface area contributed by atoms with Crippen LogP contribution in [-0.4, -0.2) is 38.9 Å². The first-order valence-electron chi connectivity index (χ1n) is 11.8. The maximum Gasteiger partial charge on any atom is 0.240 e. The number of carbonyl (C=O) groups excluding carboxylic acids is 1. The molecule has 1 amide bonds. The van der Waals surface area contributed by atoms with Crippen molar-refractivity contribution in [2.45, 2.75) is 24.3 Å². The lowest BCUT2D eigenvalue weighted by Gasteiger charge is -2.43. The summed E-state index contributed by atoms with van der Waals surface area (Å²) in [5.41, 5.74) is 3.57. The van der Waals surface area contributed by atoms with Gasteiger partial charge in [0.25, 0.3) is 0 Å². The normalized spacial score (nSPS) is 21.8. The van der Waals surface area contributed by atoms with Crippen molar-refractivity contribution in [1.29, 1.82) is 0 Å². The van der Waals surface area contributed by atoms with E-state index in [0.717, 1.165) is 54.9 Å². The van der Waals surface area contributed by atoms with Crippen LogP contribution in [0.5, 0.6) is 0 Å². The lowest BCUT2D eigenvalue weighted by molar-refractivity contribution is -0.125. The van der Waals surface area contributed by atoms with Crippen molar-refractivity contribution in [1.82, 2.24) is 9.62 Å². The van der Waals surface area contributed by atoms with E-state index in [2.05, 4.69) is 14.9 Å². The Balaban J connectivity index is 1.21. The fourth-order valence-corrected chi connectivity index (χ4v) is 5.94. The van der Waals surface area contributed by atoms with Gasteiger partial charge < -0.3 is 10.2 Å². The number of rotatable bonds is 7. The first kappa shape index (κ1) is 22.8. The Morgan fingerprint density at radius 1 is 0.853 bits per heavy atom. The summed E-state index contributed by atoms with van der Waals surface area (Å²) in [7, 11) is -3.59. The standard InChI is InChI=1S/C27H29N3O3S/c31-27(26-19-30-16-14-23(26)15-17-30)29-24-10-6-21(7-11-24)22-8-12-25(13-9-22)34(32,33)28-18-20-4-2-1-3-5-20/h1-13,23,26,28H,14-19H2,(H,29,31). The number of hydrogen-bond acceptors (Lipinski definition) is 4. The summed E-state index contributed by atoms with van der Waals surface area (Å²) in [6, 6.07) is 24.0. The van der Waals surface area contributed by atoms with Gasteiger partial charge in [-0.1, -0.05) is 54.6 Å². The third-order valence-corrected chi connectivity index (χ3v) is 8.37. The highest BCUT2D eigenvalue weighted by atomic mass is 32.2. The van der Waals surface area contributed by atoms with E-state index < -0.39 is 10.0 Å². The predicted octanol–water partition coefficient (Wildman–Crippen LogP) is 4.11. The van der Waals surface area contributed by atoms with Crippen molar-refractivity contribution in [3.63, 3.8) is 0 Å². The summed E-state index contributed by atoms with van der Waals surface area (Å²) in [6.45, 7) is 3.35. The molecule has 6 rings (SSSR count). The van der Waals surface area contributed by atoms with Crippen molar-refractivity contribution in [3.8, 4) is 11.1 Å². The zero-order valence-electron chi connectivity index (χ0n) is 19.0. The molecule has 0 aliphatic carbocycles. The number of nitrogens with one attached hydrogen (secondary N) is 2. The summed E-state index contributed by atoms with van der Waals surface area (Å²) >= 11 is 0. The minimum Gasteiger partial charge on any atom is -0.326 e. The molecule has 176 valence electrons. The topological polar surface area (TPSA) is 78.5 Å². The van der Waals surface area contributed by atoms with Crippen LogP contribution >= 0.6 is 0 Å². The highest BCUT2D eigenvalue weighted by molar-refractivity contribution is 7.89. The third-order valence-electron chi connectivity index (χ3n) is 6.95. The van der Waals surface area contributed by atoms with E-state index >= 15 is 0 Å². The zero-order valence-corrected chi connectivity index (χ0v) is 19.8. The Labute approximate surface area is 201 Å². The Kier molecular flexibility index (Phi) is 6.50. The lowest BCUT2D eigenvalue weighted by Crippen LogP contribution is -2.51. The molecule has 34 heavy (non-hydrogen) atoms. The maximum absolute atomic E-state index is 12.8. The second kappa shape index (κ2) is 9.70. The molecule has 2 N–H and O–H groups in total. The maximum atomic E-state index is 12.8. The van der Waals surface area contributed by atoms with Crippen LogP contribution in [0.15, 0.2) is 83.8 Å². The van der Waals surface area contributed by atoms with E-state index in [-0.39, 0.29) is 23.3 Å². The van der Waals surface area contributed by atoms with Crippen LogP contribution in [0.4, 0.5) is 5.69 Å². The SMILES string of the molecule is O=C(Nc1ccc(-c2ccc(S(=O)(=O)NCc3ccccc3)cc2)cc1)C1CN2CCC1CC2. The fraction of sp³-hybridized carbons (Fsp3) is 0.296. The van der Waals surface area contributed by atoms with Gasteiger partial charge >= 0.3 is 0 Å². The lowest BCUT2D eigenvalue weighted by atomic mass is 9.78. The van der Waals surface area contributed by atoms with E-state index in [1.165, 1.54) is 0 Å². The number of amides is 1. The van der Waals surface area contributed by atoms with Crippen LogP contribution in [0, 0.1) is 11.8 Å². The average molecular weight is 476 g/mol. The molecule has 0 spiro atoms. The number of fused-ring (bicyclic) bond motifs is 3. The van der Waals surface area contributed by atoms with Crippen LogP contribution in [0.25, 0.3) is 11.1 Å². The Bertz CT molecular complexity index is 1230. The van der Waals surface area contributed by atoms with Crippen LogP contribution in [0.2, 0.25) is 0 Å². The Morgan fingerprint density at radius 2 is 1.47 bits per heavy atom. The molecule has 6 nitrogen and oxygen atoms in total. The molecule has 0 aromatic heterocycles. The van der Waals surface area contributed by atoms with Crippen molar-refractivity contribution in [2.75, 3.05) is 25.0 Å². The van der Waals surface area contributed by atoms with Crippen LogP contribution in [-0.2, 0) is 21.4 Å². The van der Waals surface area contributed by atoms with Gasteiger partial charge in [-0.05, 0) is 72.8 Å². The molecule has 3 fully saturated rings. The third kappa shape index (κ3) is 5.06. The predicted molar refractivity (Wildman–Crippen MR) is 134 cm³/mol. The molecule has 2 bridgehead atoms. The number of hydrogen-bond donors (Lipinski definition) is 2. The molecule has 3 aliphatic rings. The molecule has 1 atom stereocenters. The minimum atomic E-state index is -3.59. The van der Waals surface area contributed by atoms with Gasteiger partial charge in [0.2, 0.25) is 15.9 Å². The molecular formula is C27H29N3O3S. The van der Waals surface area contributed by atoms with Gasteiger partial charge in [-0.15, -0.1) is 0 Å². The quantitative estimate of drug-likeness (QED) is 0.539. The van der Waals surface area contributed by atoms with E-state index in [0.29, 0.717) is 5.92 Å². The number of benzene rings is 3. The summed E-state index contributed by atoms with van der Waals surface area (Å²) in [6.07, 6.45) is 2.23. The van der Waals surface area contributed by atoms with Gasteiger partial charge in [-0.2, -0.15) is 0 Å². The van der Waals surface area contributed by atoms with Gasteiger partial charge in [0.1, 0.15) is 0 Å². The Morgan fingerprint density at radius 3 is 2.06 bits per heavy atom. The first-order valence-corrected chi connectivity index (χ1v) is 13.2. The largest absolute Gasteiger partial charge is 0.326 e. The number of nitrogens with zero attached hydrogens (tertiary/aromatic N) is 1. The van der Waals surface area contributed by atoms with E-state index in [4.69, 9.17) is 0 Å². The average Bonchev–Trinajstić information content (AvgIpc) is 2.89. The molecule has 3 aromatic rings. The van der Waals surface area contributed by atoms with Crippen LogP contribution in [0.1, 0.15) is 18.4 Å². The van der Waals surface area contributed by atoms with E-state index in [1.807, 2.05) is 54.6 Å². The van der Waals surface area contributed by atoms with Crippen molar-refractivity contribution < 1.29 is 13.2 Å². The molecule has 3 saturated heterocycles. The summed E-state index contributed by atoms with van der Waals surface area (Å²) in [4.78, 5) is 15.4. The number of sulfonamides is 1. The molecule has 0 radical (unpaired) electrons. The summed E-state index contributed by atoms with van der Waals surface area (Å²) in [5.74, 6) is 0.688. The highest BCUT2D eigenvalue weighted by Gasteiger charge is 2.38. The van der Waals surface area contributed by atoms with Crippen molar-refractivity contribution in [3.05, 3.63) is 84.4 Å². The molecule has 7 heteroatoms. The summed E-state index contributed by atoms with van der Waals surface area (Å²) in [5, 5.41) is 3.08. The van der Waals surface area contributed by atoms with E-state index in [9.17, 15) is 13.2 Å². The molecule has 3 aromatic carbocycles. The van der Waals surface area contributed by atoms with Crippen molar-refractivity contribution >= 4 is 21.6 Å². The van der Waals surface area contributed by atoms with Gasteiger partial charge in [0, 0.05) is 18.8 Å². The second-order valence-corrected chi connectivity index (χ2v) is 10.9. The number of anilines is 1. The first-order chi connectivity index (χ1) is 16.5. The number of piperidine rings is 3. The zero-order chi connectivity index (χ0) is 23.5. The highest BCUT2D eigenvalue weighted by Crippen LogP contribution is 2.33. The second-order valence-electron chi connectivity index (χ2n) is 9.15. The van der Waals surface area contributed by atoms with Crippen LogP contribution in [0.3, 0.4) is 0 Å². The van der Waals surface area contributed by atoms with Gasteiger partial charge in [0.15, 0.2) is 0 Å². The monoisotopic (exact) mass is 475 g/mol. The molecule has 1 unspecified atom stereocenters.